The van der Waals surface area contributed by atoms with Gasteiger partial charge in [-0.25, -0.2) is 4.79 Å². The van der Waals surface area contributed by atoms with Gasteiger partial charge in [-0.15, -0.1) is 0 Å². The van der Waals surface area contributed by atoms with Crippen LogP contribution >= 0.6 is 0 Å². The van der Waals surface area contributed by atoms with Crippen LogP contribution in [-0.2, 0) is 0 Å². The highest BCUT2D eigenvalue weighted by Gasteiger charge is 2.22. The van der Waals surface area contributed by atoms with Gasteiger partial charge in [0.25, 0.3) is 0 Å². The van der Waals surface area contributed by atoms with E-state index in [2.05, 4.69) is 10.3 Å². The van der Waals surface area contributed by atoms with E-state index in [-0.39, 0.29) is 0 Å². The van der Waals surface area contributed by atoms with Crippen molar-refractivity contribution in [3.05, 3.63) is 22.7 Å². The van der Waals surface area contributed by atoms with E-state index in [0.717, 1.165) is 0 Å². The van der Waals surface area contributed by atoms with Crippen LogP contribution in [0.1, 0.15) is 26.7 Å². The molecular weight excluding hydrogens is 246 g/mol. The van der Waals surface area contributed by atoms with Gasteiger partial charge >= 0.3 is 5.76 Å². The van der Waals surface area contributed by atoms with Crippen molar-refractivity contribution in [2.45, 2.75) is 32.3 Å². The van der Waals surface area contributed by atoms with Crippen LogP contribution < -0.4 is 16.8 Å². The molecular formula is C13H19N3O3. The highest BCUT2D eigenvalue weighted by Crippen LogP contribution is 2.25. The van der Waals surface area contributed by atoms with Crippen molar-refractivity contribution in [1.29, 1.82) is 0 Å². The van der Waals surface area contributed by atoms with Crippen molar-refractivity contribution < 1.29 is 9.52 Å². The van der Waals surface area contributed by atoms with E-state index < -0.39 is 11.4 Å². The second-order valence-corrected chi connectivity index (χ2v) is 4.74. The third-order valence-electron chi connectivity index (χ3n) is 3.52. The third kappa shape index (κ3) is 2.73. The second kappa shape index (κ2) is 4.97. The molecule has 5 N–H and O–H groups in total. The topological polar surface area (TPSA) is 104 Å². The molecule has 0 saturated heterocycles. The van der Waals surface area contributed by atoms with Crippen LogP contribution in [0.25, 0.3) is 11.1 Å². The standard InChI is InChI=1S/C13H19N3O3/c1-3-13(18,4-2)7-15-9-6-10-11(5-8(9)14)19-12(17)16-10/h5-6,15,18H,3-4,7,14H2,1-2H3,(H,16,17). The van der Waals surface area contributed by atoms with Crippen LogP contribution in [0.2, 0.25) is 0 Å². The van der Waals surface area contributed by atoms with Crippen molar-refractivity contribution in [3.8, 4) is 0 Å². The Kier molecular flexibility index (Phi) is 3.53. The van der Waals surface area contributed by atoms with Crippen LogP contribution in [0.4, 0.5) is 11.4 Å². The number of H-pyrrole nitrogens is 1. The summed E-state index contributed by atoms with van der Waals surface area (Å²) in [5, 5.41) is 13.3. The number of aromatic amines is 1. The molecule has 6 heteroatoms. The molecule has 1 heterocycles. The molecule has 2 rings (SSSR count). The molecule has 6 nitrogen and oxygen atoms in total. The fourth-order valence-electron chi connectivity index (χ4n) is 1.93. The molecule has 104 valence electrons. The molecule has 1 aromatic heterocycles. The first kappa shape index (κ1) is 13.5. The molecule has 19 heavy (non-hydrogen) atoms. The summed E-state index contributed by atoms with van der Waals surface area (Å²) >= 11 is 0. The number of hydrogen-bond acceptors (Lipinski definition) is 5. The van der Waals surface area contributed by atoms with E-state index in [1.165, 1.54) is 0 Å². The first-order valence-corrected chi connectivity index (χ1v) is 6.36. The lowest BCUT2D eigenvalue weighted by molar-refractivity contribution is 0.0457. The maximum Gasteiger partial charge on any atom is 0.417 e. The number of oxazole rings is 1. The molecule has 2 aromatic rings. The van der Waals surface area contributed by atoms with E-state index in [9.17, 15) is 9.90 Å². The van der Waals surface area contributed by atoms with E-state index in [1.807, 2.05) is 13.8 Å². The highest BCUT2D eigenvalue weighted by atomic mass is 16.4. The molecule has 0 aliphatic rings. The summed E-state index contributed by atoms with van der Waals surface area (Å²) in [6.45, 7) is 4.27. The van der Waals surface area contributed by atoms with Crippen molar-refractivity contribution in [2.75, 3.05) is 17.6 Å². The maximum atomic E-state index is 11.1. The molecule has 1 aromatic carbocycles. The Morgan fingerprint density at radius 2 is 2.11 bits per heavy atom. The number of aliphatic hydroxyl groups is 1. The lowest BCUT2D eigenvalue weighted by Crippen LogP contribution is -2.35. The van der Waals surface area contributed by atoms with Gasteiger partial charge in [0.15, 0.2) is 5.58 Å². The number of nitrogens with one attached hydrogen (secondary N) is 2. The summed E-state index contributed by atoms with van der Waals surface area (Å²) in [5.41, 5.74) is 7.28. The summed E-state index contributed by atoms with van der Waals surface area (Å²) in [7, 11) is 0. The second-order valence-electron chi connectivity index (χ2n) is 4.74. The van der Waals surface area contributed by atoms with Gasteiger partial charge in [0.2, 0.25) is 0 Å². The van der Waals surface area contributed by atoms with Gasteiger partial charge in [0.1, 0.15) is 0 Å². The highest BCUT2D eigenvalue weighted by molar-refractivity contribution is 5.85. The quantitative estimate of drug-likeness (QED) is 0.615. The van der Waals surface area contributed by atoms with Crippen LogP contribution in [0.15, 0.2) is 21.3 Å². The Balaban J connectivity index is 2.25. The summed E-state index contributed by atoms with van der Waals surface area (Å²) in [6.07, 6.45) is 1.31. The van der Waals surface area contributed by atoms with Gasteiger partial charge in [-0.3, -0.25) is 4.98 Å². The monoisotopic (exact) mass is 265 g/mol. The summed E-state index contributed by atoms with van der Waals surface area (Å²) in [4.78, 5) is 13.7. The zero-order valence-electron chi connectivity index (χ0n) is 11.1. The van der Waals surface area contributed by atoms with Crippen molar-refractivity contribution in [2.24, 2.45) is 0 Å². The zero-order chi connectivity index (χ0) is 14.0. The lowest BCUT2D eigenvalue weighted by Gasteiger charge is -2.26. The number of rotatable bonds is 5. The van der Waals surface area contributed by atoms with Crippen molar-refractivity contribution >= 4 is 22.5 Å². The molecule has 0 radical (unpaired) electrons. The lowest BCUT2D eigenvalue weighted by atomic mass is 9.97. The number of hydrogen-bond donors (Lipinski definition) is 4. The molecule has 0 saturated carbocycles. The maximum absolute atomic E-state index is 11.1. The Morgan fingerprint density at radius 3 is 2.74 bits per heavy atom. The zero-order valence-corrected chi connectivity index (χ0v) is 11.1. The fourth-order valence-corrected chi connectivity index (χ4v) is 1.93. The minimum absolute atomic E-state index is 0.401. The van der Waals surface area contributed by atoms with Crippen LogP contribution in [0, 0.1) is 0 Å². The van der Waals surface area contributed by atoms with Gasteiger partial charge in [-0.1, -0.05) is 13.8 Å². The predicted molar refractivity (Wildman–Crippen MR) is 75.3 cm³/mol. The Morgan fingerprint density at radius 1 is 1.42 bits per heavy atom. The SMILES string of the molecule is CCC(O)(CC)CNc1cc2[nH]c(=O)oc2cc1N. The minimum Gasteiger partial charge on any atom is -0.408 e. The van der Waals surface area contributed by atoms with Crippen LogP contribution in [0.3, 0.4) is 0 Å². The van der Waals surface area contributed by atoms with Crippen LogP contribution in [-0.4, -0.2) is 22.2 Å². The summed E-state index contributed by atoms with van der Waals surface area (Å²) < 4.78 is 4.92. The molecule has 0 aliphatic heterocycles. The van der Waals surface area contributed by atoms with Gasteiger partial charge in [0.05, 0.1) is 22.5 Å². The molecule has 0 fully saturated rings. The number of fused-ring (bicyclic) bond motifs is 1. The number of anilines is 2. The molecule has 0 unspecified atom stereocenters. The van der Waals surface area contributed by atoms with Gasteiger partial charge in [-0.05, 0) is 18.9 Å². The van der Waals surface area contributed by atoms with Crippen molar-refractivity contribution in [3.63, 3.8) is 0 Å². The molecule has 0 bridgehead atoms. The summed E-state index contributed by atoms with van der Waals surface area (Å²) in [6, 6.07) is 3.30. The number of nitrogen functional groups attached to an aromatic ring is 1. The number of benzene rings is 1. The Labute approximate surface area is 110 Å². The number of aromatic nitrogens is 1. The van der Waals surface area contributed by atoms with Gasteiger partial charge in [0, 0.05) is 12.6 Å². The number of nitrogens with two attached hydrogens (primary N) is 1. The van der Waals surface area contributed by atoms with E-state index in [4.69, 9.17) is 10.2 Å². The normalized spacial score (nSPS) is 11.9. The van der Waals surface area contributed by atoms with Gasteiger partial charge in [-0.2, -0.15) is 0 Å². The minimum atomic E-state index is -0.759. The van der Waals surface area contributed by atoms with E-state index in [1.54, 1.807) is 12.1 Å². The van der Waals surface area contributed by atoms with E-state index in [0.29, 0.717) is 41.9 Å². The van der Waals surface area contributed by atoms with Crippen molar-refractivity contribution in [1.82, 2.24) is 4.98 Å². The molecule has 0 atom stereocenters. The molecule has 0 amide bonds. The van der Waals surface area contributed by atoms with Crippen LogP contribution in [0.5, 0.6) is 0 Å². The molecule has 0 spiro atoms. The third-order valence-corrected chi connectivity index (χ3v) is 3.52. The average molecular weight is 265 g/mol. The molecule has 0 aliphatic carbocycles. The average Bonchev–Trinajstić information content (AvgIpc) is 2.74. The van der Waals surface area contributed by atoms with Gasteiger partial charge < -0.3 is 20.6 Å². The van der Waals surface area contributed by atoms with E-state index >= 15 is 0 Å². The first-order chi connectivity index (χ1) is 8.97. The smallest absolute Gasteiger partial charge is 0.408 e. The Bertz CT molecular complexity index is 626. The summed E-state index contributed by atoms with van der Waals surface area (Å²) in [5.74, 6) is -0.509. The Hall–Kier alpha value is -1.95. The predicted octanol–water partition coefficient (Wildman–Crippen LogP) is 1.67. The fraction of sp³-hybridized carbons (Fsp3) is 0.462. The first-order valence-electron chi connectivity index (χ1n) is 6.36. The largest absolute Gasteiger partial charge is 0.417 e.